The number of hydrogen-bond donors (Lipinski definition) is 2. The Morgan fingerprint density at radius 3 is 2.42 bits per heavy atom. The standard InChI is InChI=1S/C14H14N2O3/c1-18-12-4-2-3-5-13(12)19-9-6-7-11(15)10(8-9)14(16)17/h2-8H,15H2,1H3,(H2,16,17). The minimum Gasteiger partial charge on any atom is -0.493 e. The molecule has 19 heavy (non-hydrogen) atoms. The van der Waals surface area contributed by atoms with Gasteiger partial charge in [0, 0.05) is 5.69 Å². The van der Waals surface area contributed by atoms with Crippen molar-refractivity contribution in [3.63, 3.8) is 0 Å². The summed E-state index contributed by atoms with van der Waals surface area (Å²) in [5.41, 5.74) is 11.4. The van der Waals surface area contributed by atoms with E-state index in [0.29, 0.717) is 22.9 Å². The molecule has 0 fully saturated rings. The van der Waals surface area contributed by atoms with E-state index in [2.05, 4.69) is 0 Å². The van der Waals surface area contributed by atoms with Crippen molar-refractivity contribution in [1.29, 1.82) is 0 Å². The molecule has 1 amide bonds. The molecule has 0 saturated heterocycles. The van der Waals surface area contributed by atoms with E-state index in [9.17, 15) is 4.79 Å². The summed E-state index contributed by atoms with van der Waals surface area (Å²) in [6.45, 7) is 0. The first-order valence-electron chi connectivity index (χ1n) is 5.62. The maximum absolute atomic E-state index is 11.2. The number of carbonyl (C=O) groups excluding carboxylic acids is 1. The maximum Gasteiger partial charge on any atom is 0.250 e. The highest BCUT2D eigenvalue weighted by Crippen LogP contribution is 2.32. The van der Waals surface area contributed by atoms with Gasteiger partial charge < -0.3 is 20.9 Å². The first kappa shape index (κ1) is 12.8. The van der Waals surface area contributed by atoms with Crippen LogP contribution in [0.1, 0.15) is 10.4 Å². The number of rotatable bonds is 4. The number of primary amides is 1. The molecule has 0 bridgehead atoms. The topological polar surface area (TPSA) is 87.6 Å². The molecule has 2 aromatic rings. The van der Waals surface area contributed by atoms with Crippen LogP contribution in [-0.2, 0) is 0 Å². The van der Waals surface area contributed by atoms with Gasteiger partial charge in [-0.3, -0.25) is 4.79 Å². The normalized spacial score (nSPS) is 9.95. The largest absolute Gasteiger partial charge is 0.493 e. The van der Waals surface area contributed by atoms with Crippen molar-refractivity contribution >= 4 is 11.6 Å². The molecule has 2 aromatic carbocycles. The molecule has 0 aliphatic rings. The van der Waals surface area contributed by atoms with E-state index in [4.69, 9.17) is 20.9 Å². The van der Waals surface area contributed by atoms with Gasteiger partial charge in [-0.2, -0.15) is 0 Å². The predicted molar refractivity (Wildman–Crippen MR) is 72.4 cm³/mol. The first-order valence-corrected chi connectivity index (χ1v) is 5.62. The lowest BCUT2D eigenvalue weighted by atomic mass is 10.1. The fraction of sp³-hybridized carbons (Fsp3) is 0.0714. The quantitative estimate of drug-likeness (QED) is 0.823. The van der Waals surface area contributed by atoms with E-state index in [-0.39, 0.29) is 5.56 Å². The van der Waals surface area contributed by atoms with Crippen LogP contribution >= 0.6 is 0 Å². The lowest BCUT2D eigenvalue weighted by Crippen LogP contribution is -2.13. The summed E-state index contributed by atoms with van der Waals surface area (Å²) in [4.78, 5) is 11.2. The molecule has 0 unspecified atom stereocenters. The molecule has 0 saturated carbocycles. The SMILES string of the molecule is COc1ccccc1Oc1ccc(N)c(C(N)=O)c1. The van der Waals surface area contributed by atoms with Crippen LogP contribution in [0.25, 0.3) is 0 Å². The number of para-hydroxylation sites is 2. The lowest BCUT2D eigenvalue weighted by molar-refractivity contribution is 0.100. The average Bonchev–Trinajstić information content (AvgIpc) is 2.41. The number of ether oxygens (including phenoxy) is 2. The Morgan fingerprint density at radius 2 is 1.79 bits per heavy atom. The fourth-order valence-electron chi connectivity index (χ4n) is 1.64. The number of benzene rings is 2. The number of carbonyl (C=O) groups is 1. The molecule has 2 rings (SSSR count). The summed E-state index contributed by atoms with van der Waals surface area (Å²) in [6.07, 6.45) is 0. The van der Waals surface area contributed by atoms with Crippen molar-refractivity contribution < 1.29 is 14.3 Å². The Labute approximate surface area is 110 Å². The molecule has 4 N–H and O–H groups in total. The van der Waals surface area contributed by atoms with E-state index in [1.165, 1.54) is 6.07 Å². The van der Waals surface area contributed by atoms with E-state index >= 15 is 0 Å². The van der Waals surface area contributed by atoms with Crippen LogP contribution in [0, 0.1) is 0 Å². The molecule has 5 nitrogen and oxygen atoms in total. The Hall–Kier alpha value is -2.69. The summed E-state index contributed by atoms with van der Waals surface area (Å²) < 4.78 is 10.8. The van der Waals surface area contributed by atoms with Crippen molar-refractivity contribution in [2.45, 2.75) is 0 Å². The number of amides is 1. The first-order chi connectivity index (χ1) is 9.11. The smallest absolute Gasteiger partial charge is 0.250 e. The fourth-order valence-corrected chi connectivity index (χ4v) is 1.64. The molecular weight excluding hydrogens is 244 g/mol. The highest BCUT2D eigenvalue weighted by atomic mass is 16.5. The van der Waals surface area contributed by atoms with Crippen LogP contribution in [0.5, 0.6) is 17.2 Å². The second kappa shape index (κ2) is 5.30. The van der Waals surface area contributed by atoms with Crippen molar-refractivity contribution in [2.24, 2.45) is 5.73 Å². The van der Waals surface area contributed by atoms with E-state index in [1.807, 2.05) is 12.1 Å². The zero-order valence-corrected chi connectivity index (χ0v) is 10.4. The second-order valence-electron chi connectivity index (χ2n) is 3.87. The maximum atomic E-state index is 11.2. The second-order valence-corrected chi connectivity index (χ2v) is 3.87. The van der Waals surface area contributed by atoms with Crippen molar-refractivity contribution in [1.82, 2.24) is 0 Å². The van der Waals surface area contributed by atoms with Crippen molar-refractivity contribution in [3.05, 3.63) is 48.0 Å². The molecule has 0 aliphatic carbocycles. The van der Waals surface area contributed by atoms with Gasteiger partial charge in [-0.05, 0) is 30.3 Å². The summed E-state index contributed by atoms with van der Waals surface area (Å²) in [5.74, 6) is 1.01. The van der Waals surface area contributed by atoms with Crippen molar-refractivity contribution in [2.75, 3.05) is 12.8 Å². The van der Waals surface area contributed by atoms with Gasteiger partial charge in [0.1, 0.15) is 5.75 Å². The monoisotopic (exact) mass is 258 g/mol. The van der Waals surface area contributed by atoms with Crippen LogP contribution < -0.4 is 20.9 Å². The van der Waals surface area contributed by atoms with Crippen LogP contribution in [0.2, 0.25) is 0 Å². The number of methoxy groups -OCH3 is 1. The van der Waals surface area contributed by atoms with Crippen molar-refractivity contribution in [3.8, 4) is 17.2 Å². The zero-order valence-electron chi connectivity index (χ0n) is 10.4. The summed E-state index contributed by atoms with van der Waals surface area (Å²) in [6, 6.07) is 11.9. The minimum atomic E-state index is -0.594. The van der Waals surface area contributed by atoms with Gasteiger partial charge in [0.15, 0.2) is 11.5 Å². The third-order valence-electron chi connectivity index (χ3n) is 2.59. The molecule has 0 radical (unpaired) electrons. The van der Waals surface area contributed by atoms with Crippen LogP contribution in [0.15, 0.2) is 42.5 Å². The number of anilines is 1. The molecule has 0 heterocycles. The Balaban J connectivity index is 2.33. The number of nitrogens with two attached hydrogens (primary N) is 2. The zero-order chi connectivity index (χ0) is 13.8. The van der Waals surface area contributed by atoms with Gasteiger partial charge >= 0.3 is 0 Å². The van der Waals surface area contributed by atoms with Gasteiger partial charge in [-0.1, -0.05) is 12.1 Å². The van der Waals surface area contributed by atoms with Gasteiger partial charge in [0.25, 0.3) is 5.91 Å². The summed E-state index contributed by atoms with van der Waals surface area (Å²) >= 11 is 0. The molecule has 0 atom stereocenters. The summed E-state index contributed by atoms with van der Waals surface area (Å²) in [7, 11) is 1.56. The molecule has 5 heteroatoms. The Bertz CT molecular complexity index is 611. The van der Waals surface area contributed by atoms with E-state index in [1.54, 1.807) is 31.4 Å². The van der Waals surface area contributed by atoms with E-state index in [0.717, 1.165) is 0 Å². The molecule has 0 spiro atoms. The Morgan fingerprint density at radius 1 is 1.11 bits per heavy atom. The van der Waals surface area contributed by atoms with Crippen LogP contribution in [-0.4, -0.2) is 13.0 Å². The van der Waals surface area contributed by atoms with Gasteiger partial charge in [-0.25, -0.2) is 0 Å². The van der Waals surface area contributed by atoms with E-state index < -0.39 is 5.91 Å². The number of nitrogen functional groups attached to an aromatic ring is 1. The van der Waals surface area contributed by atoms with Crippen LogP contribution in [0.3, 0.4) is 0 Å². The molecule has 0 aliphatic heterocycles. The summed E-state index contributed by atoms with van der Waals surface area (Å²) in [5, 5.41) is 0. The van der Waals surface area contributed by atoms with Gasteiger partial charge in [0.2, 0.25) is 0 Å². The lowest BCUT2D eigenvalue weighted by Gasteiger charge is -2.11. The van der Waals surface area contributed by atoms with Gasteiger partial charge in [-0.15, -0.1) is 0 Å². The predicted octanol–water partition coefficient (Wildman–Crippen LogP) is 2.17. The van der Waals surface area contributed by atoms with Crippen LogP contribution in [0.4, 0.5) is 5.69 Å². The average molecular weight is 258 g/mol. The molecule has 98 valence electrons. The number of hydrogen-bond acceptors (Lipinski definition) is 4. The highest BCUT2D eigenvalue weighted by Gasteiger charge is 2.09. The Kier molecular flexibility index (Phi) is 3.56. The van der Waals surface area contributed by atoms with Gasteiger partial charge in [0.05, 0.1) is 12.7 Å². The highest BCUT2D eigenvalue weighted by molar-refractivity contribution is 5.98. The third-order valence-corrected chi connectivity index (χ3v) is 2.59. The molecule has 0 aromatic heterocycles. The molecular formula is C14H14N2O3. The third kappa shape index (κ3) is 2.77. The minimum absolute atomic E-state index is 0.229.